The molecule has 118 valence electrons. The van der Waals surface area contributed by atoms with E-state index in [1.54, 1.807) is 6.07 Å². The minimum atomic E-state index is -0.224. The van der Waals surface area contributed by atoms with Crippen LogP contribution in [0.25, 0.3) is 0 Å². The van der Waals surface area contributed by atoms with Gasteiger partial charge in [0, 0.05) is 12.5 Å². The summed E-state index contributed by atoms with van der Waals surface area (Å²) in [5, 5.41) is 3.28. The van der Waals surface area contributed by atoms with Gasteiger partial charge in [0.05, 0.1) is 0 Å². The average Bonchev–Trinajstić information content (AvgIpc) is 3.17. The fourth-order valence-corrected chi connectivity index (χ4v) is 5.46. The first-order valence-electron chi connectivity index (χ1n) is 8.74. The van der Waals surface area contributed by atoms with E-state index < -0.39 is 0 Å². The number of carbonyl (C=O) groups excluding carboxylic acids is 1. The number of halogens is 1. The summed E-state index contributed by atoms with van der Waals surface area (Å²) in [4.78, 5) is 12.2. The highest BCUT2D eigenvalue weighted by molar-refractivity contribution is 5.76. The van der Waals surface area contributed by atoms with Gasteiger partial charge in [-0.25, -0.2) is 4.39 Å². The van der Waals surface area contributed by atoms with E-state index in [9.17, 15) is 9.18 Å². The molecule has 0 aromatic heterocycles. The molecule has 0 radical (unpaired) electrons. The zero-order chi connectivity index (χ0) is 15.1. The molecule has 0 aliphatic heterocycles. The lowest BCUT2D eigenvalue weighted by Gasteiger charge is -2.32. The summed E-state index contributed by atoms with van der Waals surface area (Å²) in [5.41, 5.74) is 0.902. The van der Waals surface area contributed by atoms with Crippen molar-refractivity contribution in [2.24, 2.45) is 23.7 Å². The van der Waals surface area contributed by atoms with E-state index in [2.05, 4.69) is 5.32 Å². The van der Waals surface area contributed by atoms with Gasteiger partial charge in [-0.1, -0.05) is 18.6 Å². The summed E-state index contributed by atoms with van der Waals surface area (Å²) >= 11 is 0. The number of amides is 1. The lowest BCUT2D eigenvalue weighted by atomic mass is 9.79. The van der Waals surface area contributed by atoms with Gasteiger partial charge in [-0.2, -0.15) is 0 Å². The first-order chi connectivity index (χ1) is 10.7. The standard InChI is InChI=1S/C19H24FNO/c20-14-4-1-3-12(9-14)7-8-19(22)21-18-11-13-10-17(18)16-6-2-5-15(13)16/h1,3-4,9,13,15-18H,2,5-8,10-11H2,(H,21,22)/t13-,15+,16-,17+,18-/m1/s1. The van der Waals surface area contributed by atoms with E-state index in [1.165, 1.54) is 44.2 Å². The van der Waals surface area contributed by atoms with Gasteiger partial charge in [0.15, 0.2) is 0 Å². The van der Waals surface area contributed by atoms with Crippen molar-refractivity contribution in [2.75, 3.05) is 0 Å². The smallest absolute Gasteiger partial charge is 0.220 e. The number of fused-ring (bicyclic) bond motifs is 5. The van der Waals surface area contributed by atoms with Crippen molar-refractivity contribution in [3.63, 3.8) is 0 Å². The summed E-state index contributed by atoms with van der Waals surface area (Å²) in [6.07, 6.45) is 7.81. The highest BCUT2D eigenvalue weighted by Gasteiger charge is 2.53. The van der Waals surface area contributed by atoms with Crippen LogP contribution in [0, 0.1) is 29.5 Å². The molecule has 1 amide bonds. The molecule has 0 saturated heterocycles. The monoisotopic (exact) mass is 301 g/mol. The van der Waals surface area contributed by atoms with Gasteiger partial charge in [0.2, 0.25) is 5.91 Å². The van der Waals surface area contributed by atoms with Gasteiger partial charge < -0.3 is 5.32 Å². The van der Waals surface area contributed by atoms with Crippen LogP contribution in [-0.2, 0) is 11.2 Å². The fourth-order valence-electron chi connectivity index (χ4n) is 5.46. The van der Waals surface area contributed by atoms with Crippen LogP contribution in [0.5, 0.6) is 0 Å². The fraction of sp³-hybridized carbons (Fsp3) is 0.632. The van der Waals surface area contributed by atoms with E-state index in [1.807, 2.05) is 6.07 Å². The third kappa shape index (κ3) is 2.55. The maximum Gasteiger partial charge on any atom is 0.220 e. The molecule has 3 fully saturated rings. The average molecular weight is 301 g/mol. The summed E-state index contributed by atoms with van der Waals surface area (Å²) in [6, 6.07) is 6.96. The van der Waals surface area contributed by atoms with Crippen LogP contribution >= 0.6 is 0 Å². The molecule has 2 nitrogen and oxygen atoms in total. The van der Waals surface area contributed by atoms with Crippen molar-refractivity contribution in [2.45, 2.75) is 51.0 Å². The van der Waals surface area contributed by atoms with Crippen LogP contribution in [0.3, 0.4) is 0 Å². The third-order valence-electron chi connectivity index (χ3n) is 6.30. The molecule has 4 rings (SSSR count). The molecular formula is C19H24FNO. The Bertz CT molecular complexity index is 572. The lowest BCUT2D eigenvalue weighted by Crippen LogP contribution is -2.42. The quantitative estimate of drug-likeness (QED) is 0.902. The molecule has 1 aromatic rings. The van der Waals surface area contributed by atoms with E-state index in [-0.39, 0.29) is 11.7 Å². The number of hydrogen-bond acceptors (Lipinski definition) is 1. The van der Waals surface area contributed by atoms with Gasteiger partial charge in [0.1, 0.15) is 5.82 Å². The van der Waals surface area contributed by atoms with Crippen LogP contribution in [0.4, 0.5) is 4.39 Å². The Kier molecular flexibility index (Phi) is 3.67. The topological polar surface area (TPSA) is 29.1 Å². The predicted molar refractivity (Wildman–Crippen MR) is 83.7 cm³/mol. The van der Waals surface area contributed by atoms with Crippen molar-refractivity contribution in [3.05, 3.63) is 35.6 Å². The lowest BCUT2D eigenvalue weighted by molar-refractivity contribution is -0.122. The van der Waals surface area contributed by atoms with Crippen LogP contribution in [0.1, 0.15) is 44.1 Å². The molecule has 2 bridgehead atoms. The molecule has 0 heterocycles. The van der Waals surface area contributed by atoms with E-state index >= 15 is 0 Å². The van der Waals surface area contributed by atoms with E-state index in [0.29, 0.717) is 18.9 Å². The second kappa shape index (κ2) is 5.68. The van der Waals surface area contributed by atoms with E-state index in [4.69, 9.17) is 0 Å². The second-order valence-corrected chi connectivity index (χ2v) is 7.46. The minimum absolute atomic E-state index is 0.136. The summed E-state index contributed by atoms with van der Waals surface area (Å²) in [5.74, 6) is 3.36. The SMILES string of the molecule is O=C(CCc1cccc(F)c1)N[C@@H]1C[C@H]2C[C@H]1[C@@H]1CCC[C@@H]21. The Balaban J connectivity index is 1.30. The number of benzene rings is 1. The Morgan fingerprint density at radius 1 is 1.18 bits per heavy atom. The minimum Gasteiger partial charge on any atom is -0.353 e. The maximum absolute atomic E-state index is 13.1. The van der Waals surface area contributed by atoms with Gasteiger partial charge in [0.25, 0.3) is 0 Å². The zero-order valence-corrected chi connectivity index (χ0v) is 12.9. The molecule has 5 atom stereocenters. The Morgan fingerprint density at radius 2 is 2.05 bits per heavy atom. The van der Waals surface area contributed by atoms with Gasteiger partial charge in [-0.15, -0.1) is 0 Å². The van der Waals surface area contributed by atoms with Crippen molar-refractivity contribution in [3.8, 4) is 0 Å². The third-order valence-corrected chi connectivity index (χ3v) is 6.30. The molecule has 3 heteroatoms. The largest absolute Gasteiger partial charge is 0.353 e. The van der Waals surface area contributed by atoms with Crippen molar-refractivity contribution in [1.82, 2.24) is 5.32 Å². The number of nitrogens with one attached hydrogen (secondary N) is 1. The number of rotatable bonds is 4. The molecule has 3 saturated carbocycles. The number of hydrogen-bond donors (Lipinski definition) is 1. The van der Waals surface area contributed by atoms with E-state index in [0.717, 1.165) is 29.2 Å². The highest BCUT2D eigenvalue weighted by atomic mass is 19.1. The maximum atomic E-state index is 13.1. The zero-order valence-electron chi connectivity index (χ0n) is 12.9. The van der Waals surface area contributed by atoms with Crippen molar-refractivity contribution in [1.29, 1.82) is 0 Å². The second-order valence-electron chi connectivity index (χ2n) is 7.46. The van der Waals surface area contributed by atoms with Gasteiger partial charge in [-0.3, -0.25) is 4.79 Å². The molecule has 22 heavy (non-hydrogen) atoms. The van der Waals surface area contributed by atoms with Gasteiger partial charge in [-0.05, 0) is 73.5 Å². The number of carbonyl (C=O) groups is 1. The Labute approximate surface area is 131 Å². The van der Waals surface area contributed by atoms with Crippen LogP contribution in [0.2, 0.25) is 0 Å². The van der Waals surface area contributed by atoms with Crippen LogP contribution < -0.4 is 5.32 Å². The molecule has 0 spiro atoms. The Hall–Kier alpha value is -1.38. The van der Waals surface area contributed by atoms with Crippen LogP contribution in [-0.4, -0.2) is 11.9 Å². The first kappa shape index (κ1) is 14.2. The summed E-state index contributed by atoms with van der Waals surface area (Å²) < 4.78 is 13.1. The molecule has 3 aliphatic rings. The molecule has 1 N–H and O–H groups in total. The number of aryl methyl sites for hydroxylation is 1. The van der Waals surface area contributed by atoms with Gasteiger partial charge >= 0.3 is 0 Å². The molecule has 0 unspecified atom stereocenters. The molecule has 3 aliphatic carbocycles. The predicted octanol–water partition coefficient (Wildman–Crippen LogP) is 3.70. The highest BCUT2D eigenvalue weighted by Crippen LogP contribution is 2.58. The Morgan fingerprint density at radius 3 is 2.91 bits per heavy atom. The summed E-state index contributed by atoms with van der Waals surface area (Å²) in [7, 11) is 0. The summed E-state index contributed by atoms with van der Waals surface area (Å²) in [6.45, 7) is 0. The van der Waals surface area contributed by atoms with Crippen molar-refractivity contribution >= 4 is 5.91 Å². The molecular weight excluding hydrogens is 277 g/mol. The molecule has 1 aromatic carbocycles. The first-order valence-corrected chi connectivity index (χ1v) is 8.74. The normalized spacial score (nSPS) is 35.6. The van der Waals surface area contributed by atoms with Crippen molar-refractivity contribution < 1.29 is 9.18 Å². The van der Waals surface area contributed by atoms with Crippen LogP contribution in [0.15, 0.2) is 24.3 Å².